The Morgan fingerprint density at radius 3 is 2.41 bits per heavy atom. The molecule has 158 valence electrons. The normalized spacial score (nSPS) is 11.2. The van der Waals surface area contributed by atoms with E-state index in [0.29, 0.717) is 25.3 Å². The van der Waals surface area contributed by atoms with E-state index >= 15 is 0 Å². The van der Waals surface area contributed by atoms with Gasteiger partial charge in [0.2, 0.25) is 15.9 Å². The molecule has 0 radical (unpaired) electrons. The van der Waals surface area contributed by atoms with Crippen molar-refractivity contribution in [2.24, 2.45) is 0 Å². The van der Waals surface area contributed by atoms with Crippen LogP contribution in [0.5, 0.6) is 5.75 Å². The number of hydrogen-bond donors (Lipinski definition) is 1. The lowest BCUT2D eigenvalue weighted by Crippen LogP contribution is -2.33. The summed E-state index contributed by atoms with van der Waals surface area (Å²) in [5.41, 5.74) is 3.81. The Balaban J connectivity index is 1.79. The van der Waals surface area contributed by atoms with Crippen LogP contribution in [0.15, 0.2) is 42.5 Å². The van der Waals surface area contributed by atoms with Crippen molar-refractivity contribution in [3.8, 4) is 5.75 Å². The van der Waals surface area contributed by atoms with Gasteiger partial charge in [0, 0.05) is 13.0 Å². The Morgan fingerprint density at radius 1 is 1.03 bits per heavy atom. The van der Waals surface area contributed by atoms with Gasteiger partial charge in [-0.25, -0.2) is 8.42 Å². The molecule has 0 unspecified atom stereocenters. The third-order valence-electron chi connectivity index (χ3n) is 4.72. The lowest BCUT2D eigenvalue weighted by atomic mass is 10.1. The second-order valence-corrected chi connectivity index (χ2v) is 9.08. The van der Waals surface area contributed by atoms with E-state index in [4.69, 9.17) is 4.74 Å². The van der Waals surface area contributed by atoms with Crippen LogP contribution in [0.1, 0.15) is 29.5 Å². The third-order valence-corrected chi connectivity index (χ3v) is 5.91. The number of ether oxygens (including phenoxy) is 1. The molecule has 0 spiro atoms. The molecule has 7 heteroatoms. The summed E-state index contributed by atoms with van der Waals surface area (Å²) in [5, 5.41) is 2.81. The topological polar surface area (TPSA) is 75.7 Å². The second kappa shape index (κ2) is 10.3. The molecular weight excluding hydrogens is 388 g/mol. The van der Waals surface area contributed by atoms with Gasteiger partial charge < -0.3 is 10.1 Å². The summed E-state index contributed by atoms with van der Waals surface area (Å²) in [6, 6.07) is 13.3. The second-order valence-electron chi connectivity index (χ2n) is 7.17. The first kappa shape index (κ1) is 22.7. The maximum Gasteiger partial charge on any atom is 0.232 e. The van der Waals surface area contributed by atoms with Crippen LogP contribution >= 0.6 is 0 Å². The van der Waals surface area contributed by atoms with Crippen LogP contribution in [-0.2, 0) is 14.8 Å². The zero-order valence-electron chi connectivity index (χ0n) is 17.6. The lowest BCUT2D eigenvalue weighted by Gasteiger charge is -2.23. The van der Waals surface area contributed by atoms with Crippen molar-refractivity contribution in [3.05, 3.63) is 59.2 Å². The molecule has 0 aliphatic carbocycles. The number of sulfonamides is 1. The zero-order chi connectivity index (χ0) is 21.4. The summed E-state index contributed by atoms with van der Waals surface area (Å²) in [5.74, 6) is 0.686. The molecule has 2 aromatic rings. The fraction of sp³-hybridized carbons (Fsp3) is 0.409. The van der Waals surface area contributed by atoms with Gasteiger partial charge in [-0.1, -0.05) is 24.3 Å². The highest BCUT2D eigenvalue weighted by molar-refractivity contribution is 7.92. The number of aryl methyl sites for hydroxylation is 3. The maximum atomic E-state index is 12.2. The minimum atomic E-state index is -3.42. The van der Waals surface area contributed by atoms with Gasteiger partial charge >= 0.3 is 0 Å². The molecule has 0 fully saturated rings. The molecule has 6 nitrogen and oxygen atoms in total. The van der Waals surface area contributed by atoms with E-state index in [1.54, 1.807) is 6.07 Å². The fourth-order valence-electron chi connectivity index (χ4n) is 2.91. The molecule has 0 aliphatic heterocycles. The van der Waals surface area contributed by atoms with Crippen LogP contribution in [0.3, 0.4) is 0 Å². The van der Waals surface area contributed by atoms with Gasteiger partial charge in [-0.3, -0.25) is 9.10 Å². The van der Waals surface area contributed by atoms with E-state index in [9.17, 15) is 13.2 Å². The van der Waals surface area contributed by atoms with E-state index in [0.717, 1.165) is 22.4 Å². The fourth-order valence-corrected chi connectivity index (χ4v) is 3.87. The van der Waals surface area contributed by atoms with Gasteiger partial charge in [0.25, 0.3) is 0 Å². The molecular formula is C22H30N2O4S. The van der Waals surface area contributed by atoms with Gasteiger partial charge in [-0.15, -0.1) is 0 Å². The summed E-state index contributed by atoms with van der Waals surface area (Å²) in [7, 11) is -3.42. The van der Waals surface area contributed by atoms with Crippen LogP contribution in [-0.4, -0.2) is 40.3 Å². The van der Waals surface area contributed by atoms with Crippen LogP contribution < -0.4 is 14.4 Å². The summed E-state index contributed by atoms with van der Waals surface area (Å²) >= 11 is 0. The standard InChI is InChI=1S/C22H30N2O4S/c1-17-11-12-20(16-19(17)3)24(29(4,26)27)14-7-10-22(25)23-13-15-28-21-9-6-5-8-18(21)2/h5-6,8-9,11-12,16H,7,10,13-15H2,1-4H3,(H,23,25). The third kappa shape index (κ3) is 7.09. The number of carbonyl (C=O) groups is 1. The van der Waals surface area contributed by atoms with Gasteiger partial charge in [0.1, 0.15) is 12.4 Å². The first-order chi connectivity index (χ1) is 13.7. The molecule has 0 heterocycles. The van der Waals surface area contributed by atoms with Crippen molar-refractivity contribution >= 4 is 21.6 Å². The highest BCUT2D eigenvalue weighted by Crippen LogP contribution is 2.21. The molecule has 29 heavy (non-hydrogen) atoms. The summed E-state index contributed by atoms with van der Waals surface area (Å²) in [6.07, 6.45) is 1.87. The van der Waals surface area contributed by atoms with Crippen LogP contribution in [0, 0.1) is 20.8 Å². The van der Waals surface area contributed by atoms with Crippen molar-refractivity contribution in [2.45, 2.75) is 33.6 Å². The predicted octanol–water partition coefficient (Wildman–Crippen LogP) is 3.35. The van der Waals surface area contributed by atoms with Crippen molar-refractivity contribution in [3.63, 3.8) is 0 Å². The number of amides is 1. The minimum absolute atomic E-state index is 0.119. The van der Waals surface area contributed by atoms with Crippen LogP contribution in [0.2, 0.25) is 0 Å². The van der Waals surface area contributed by atoms with Gasteiger partial charge in [0.15, 0.2) is 0 Å². The molecule has 0 saturated carbocycles. The lowest BCUT2D eigenvalue weighted by molar-refractivity contribution is -0.121. The molecule has 1 amide bonds. The number of hydrogen-bond acceptors (Lipinski definition) is 4. The summed E-state index contributed by atoms with van der Waals surface area (Å²) in [6.45, 7) is 6.95. The summed E-state index contributed by atoms with van der Waals surface area (Å²) in [4.78, 5) is 12.1. The molecule has 2 aromatic carbocycles. The number of carbonyl (C=O) groups excluding carboxylic acids is 1. The maximum absolute atomic E-state index is 12.2. The van der Waals surface area contributed by atoms with Crippen molar-refractivity contribution in [1.29, 1.82) is 0 Å². The van der Waals surface area contributed by atoms with E-state index in [2.05, 4.69) is 5.32 Å². The average molecular weight is 419 g/mol. The highest BCUT2D eigenvalue weighted by atomic mass is 32.2. The number of nitrogens with zero attached hydrogens (tertiary/aromatic N) is 1. The largest absolute Gasteiger partial charge is 0.491 e. The Morgan fingerprint density at radius 2 is 1.76 bits per heavy atom. The van der Waals surface area contributed by atoms with Gasteiger partial charge in [-0.05, 0) is 62.1 Å². The van der Waals surface area contributed by atoms with Gasteiger partial charge in [0.05, 0.1) is 18.5 Å². The van der Waals surface area contributed by atoms with E-state index in [1.165, 1.54) is 10.6 Å². The first-order valence-corrected chi connectivity index (χ1v) is 11.5. The highest BCUT2D eigenvalue weighted by Gasteiger charge is 2.18. The van der Waals surface area contributed by atoms with Crippen molar-refractivity contribution < 1.29 is 17.9 Å². The molecule has 0 atom stereocenters. The Labute approximate surface area is 173 Å². The van der Waals surface area contributed by atoms with Crippen molar-refractivity contribution in [2.75, 3.05) is 30.3 Å². The molecule has 2 rings (SSSR count). The quantitative estimate of drug-likeness (QED) is 0.601. The molecule has 0 aromatic heterocycles. The molecule has 0 bridgehead atoms. The molecule has 0 saturated heterocycles. The Hall–Kier alpha value is -2.54. The monoisotopic (exact) mass is 418 g/mol. The van der Waals surface area contributed by atoms with Crippen molar-refractivity contribution in [1.82, 2.24) is 5.32 Å². The minimum Gasteiger partial charge on any atom is -0.491 e. The first-order valence-electron chi connectivity index (χ1n) is 9.68. The van der Waals surface area contributed by atoms with Crippen LogP contribution in [0.25, 0.3) is 0 Å². The smallest absolute Gasteiger partial charge is 0.232 e. The number of para-hydroxylation sites is 1. The van der Waals surface area contributed by atoms with Gasteiger partial charge in [-0.2, -0.15) is 0 Å². The number of nitrogens with one attached hydrogen (secondary N) is 1. The molecule has 0 aliphatic rings. The van der Waals surface area contributed by atoms with E-state index in [-0.39, 0.29) is 18.9 Å². The number of anilines is 1. The molecule has 1 N–H and O–H groups in total. The Bertz CT molecular complexity index is 942. The predicted molar refractivity (Wildman–Crippen MR) is 117 cm³/mol. The van der Waals surface area contributed by atoms with Crippen LogP contribution in [0.4, 0.5) is 5.69 Å². The number of benzene rings is 2. The Kier molecular flexibility index (Phi) is 8.08. The average Bonchev–Trinajstić information content (AvgIpc) is 2.65. The number of rotatable bonds is 10. The zero-order valence-corrected chi connectivity index (χ0v) is 18.4. The SMILES string of the molecule is Cc1ccc(N(CCCC(=O)NCCOc2ccccc2C)S(C)(=O)=O)cc1C. The van der Waals surface area contributed by atoms with E-state index in [1.807, 2.05) is 57.2 Å². The van der Waals surface area contributed by atoms with E-state index < -0.39 is 10.0 Å². The summed E-state index contributed by atoms with van der Waals surface area (Å²) < 4.78 is 31.4.